The minimum absolute atomic E-state index is 0.0116. The first kappa shape index (κ1) is 20.0. The van der Waals surface area contributed by atoms with Gasteiger partial charge in [-0.05, 0) is 58.5 Å². The number of methoxy groups -OCH3 is 1. The molecular formula is C20H15FIN5O3. The number of hydrogen-bond acceptors (Lipinski definition) is 6. The van der Waals surface area contributed by atoms with Gasteiger partial charge >= 0.3 is 0 Å². The summed E-state index contributed by atoms with van der Waals surface area (Å²) in [5, 5.41) is 9.96. The number of aromatic nitrogens is 4. The molecule has 0 unspecified atom stereocenters. The topological polar surface area (TPSA) is 102 Å². The fourth-order valence-electron chi connectivity index (χ4n) is 2.79. The lowest BCUT2D eigenvalue weighted by Crippen LogP contribution is -2.16. The van der Waals surface area contributed by atoms with Crippen LogP contribution in [0.15, 0.2) is 48.9 Å². The second kappa shape index (κ2) is 8.61. The number of anilines is 1. The average Bonchev–Trinajstić information content (AvgIpc) is 3.16. The highest BCUT2D eigenvalue weighted by Gasteiger charge is 2.21. The van der Waals surface area contributed by atoms with Crippen LogP contribution in [0.1, 0.15) is 15.9 Å². The van der Waals surface area contributed by atoms with Crippen LogP contribution in [-0.2, 0) is 6.61 Å². The van der Waals surface area contributed by atoms with Crippen LogP contribution < -0.4 is 14.8 Å². The Morgan fingerprint density at radius 2 is 2.07 bits per heavy atom. The zero-order valence-corrected chi connectivity index (χ0v) is 17.8. The van der Waals surface area contributed by atoms with Gasteiger partial charge < -0.3 is 14.8 Å². The van der Waals surface area contributed by atoms with Gasteiger partial charge in [-0.3, -0.25) is 14.9 Å². The van der Waals surface area contributed by atoms with E-state index in [1.54, 1.807) is 36.7 Å². The van der Waals surface area contributed by atoms with E-state index in [1.807, 2.05) is 22.6 Å². The second-order valence-electron chi connectivity index (χ2n) is 6.19. The van der Waals surface area contributed by atoms with E-state index in [4.69, 9.17) is 9.47 Å². The number of pyridine rings is 2. The molecule has 0 aliphatic heterocycles. The number of nitrogens with zero attached hydrogens (tertiary/aromatic N) is 3. The van der Waals surface area contributed by atoms with Crippen LogP contribution in [0.5, 0.6) is 11.6 Å². The first-order valence-corrected chi connectivity index (χ1v) is 9.84. The molecule has 3 aromatic heterocycles. The molecule has 1 amide bonds. The van der Waals surface area contributed by atoms with Crippen molar-refractivity contribution in [2.24, 2.45) is 0 Å². The number of carbonyl (C=O) groups excluding carboxylic acids is 1. The molecule has 152 valence electrons. The first-order valence-electron chi connectivity index (χ1n) is 8.76. The van der Waals surface area contributed by atoms with Gasteiger partial charge in [0.1, 0.15) is 6.61 Å². The summed E-state index contributed by atoms with van der Waals surface area (Å²) in [5.74, 6) is -1.01. The maximum Gasteiger partial charge on any atom is 0.259 e. The Bertz CT molecular complexity index is 1220. The van der Waals surface area contributed by atoms with Crippen LogP contribution >= 0.6 is 22.6 Å². The number of aromatic amines is 1. The van der Waals surface area contributed by atoms with Crippen molar-refractivity contribution in [2.75, 3.05) is 12.4 Å². The highest BCUT2D eigenvalue weighted by Crippen LogP contribution is 2.28. The van der Waals surface area contributed by atoms with E-state index >= 15 is 4.39 Å². The third-order valence-corrected chi connectivity index (χ3v) is 5.16. The Hall–Kier alpha value is -3.28. The summed E-state index contributed by atoms with van der Waals surface area (Å²) >= 11 is 1.91. The molecule has 0 fully saturated rings. The maximum absolute atomic E-state index is 15.1. The number of halogens is 2. The van der Waals surface area contributed by atoms with E-state index in [0.717, 1.165) is 5.56 Å². The second-order valence-corrected chi connectivity index (χ2v) is 7.35. The number of rotatable bonds is 6. The molecule has 1 aromatic carbocycles. The molecule has 0 radical (unpaired) electrons. The van der Waals surface area contributed by atoms with Crippen LogP contribution in [0.4, 0.5) is 10.1 Å². The highest BCUT2D eigenvalue weighted by atomic mass is 127. The van der Waals surface area contributed by atoms with Gasteiger partial charge in [0.25, 0.3) is 5.91 Å². The molecule has 8 nitrogen and oxygen atoms in total. The van der Waals surface area contributed by atoms with E-state index in [2.05, 4.69) is 25.5 Å². The number of fused-ring (bicyclic) bond motifs is 1. The van der Waals surface area contributed by atoms with Gasteiger partial charge in [0, 0.05) is 16.0 Å². The van der Waals surface area contributed by atoms with E-state index in [9.17, 15) is 4.79 Å². The molecule has 0 aliphatic carbocycles. The summed E-state index contributed by atoms with van der Waals surface area (Å²) in [7, 11) is 1.48. The van der Waals surface area contributed by atoms with E-state index in [0.29, 0.717) is 26.2 Å². The lowest BCUT2D eigenvalue weighted by atomic mass is 10.1. The smallest absolute Gasteiger partial charge is 0.259 e. The molecule has 30 heavy (non-hydrogen) atoms. The van der Waals surface area contributed by atoms with Gasteiger partial charge in [-0.15, -0.1) is 5.10 Å². The van der Waals surface area contributed by atoms with Crippen molar-refractivity contribution >= 4 is 45.2 Å². The Morgan fingerprint density at radius 3 is 2.83 bits per heavy atom. The summed E-state index contributed by atoms with van der Waals surface area (Å²) in [6, 6.07) is 8.31. The number of nitrogens with one attached hydrogen (secondary N) is 2. The van der Waals surface area contributed by atoms with Crippen molar-refractivity contribution in [3.05, 3.63) is 69.4 Å². The van der Waals surface area contributed by atoms with Crippen molar-refractivity contribution in [1.29, 1.82) is 0 Å². The van der Waals surface area contributed by atoms with Crippen LogP contribution in [0.3, 0.4) is 0 Å². The Balaban J connectivity index is 1.57. The number of ether oxygens (including phenoxy) is 2. The Morgan fingerprint density at radius 1 is 1.27 bits per heavy atom. The molecule has 0 bridgehead atoms. The monoisotopic (exact) mass is 519 g/mol. The largest absolute Gasteiger partial charge is 0.486 e. The highest BCUT2D eigenvalue weighted by molar-refractivity contribution is 14.1. The lowest BCUT2D eigenvalue weighted by Gasteiger charge is -2.12. The number of hydrogen-bond donors (Lipinski definition) is 2. The lowest BCUT2D eigenvalue weighted by molar-refractivity contribution is 0.102. The molecule has 10 heteroatoms. The molecule has 4 aromatic rings. The van der Waals surface area contributed by atoms with Gasteiger partial charge in [-0.1, -0.05) is 0 Å². The molecule has 4 rings (SSSR count). The minimum Gasteiger partial charge on any atom is -0.486 e. The fourth-order valence-corrected chi connectivity index (χ4v) is 3.45. The van der Waals surface area contributed by atoms with Gasteiger partial charge in [0.2, 0.25) is 5.88 Å². The number of benzene rings is 1. The van der Waals surface area contributed by atoms with Crippen molar-refractivity contribution in [2.45, 2.75) is 6.61 Å². The number of carbonyl (C=O) groups is 1. The molecule has 0 saturated heterocycles. The summed E-state index contributed by atoms with van der Waals surface area (Å²) in [4.78, 5) is 20.9. The summed E-state index contributed by atoms with van der Waals surface area (Å²) in [6.45, 7) is 0.155. The first-order chi connectivity index (χ1) is 14.6. The predicted molar refractivity (Wildman–Crippen MR) is 116 cm³/mol. The van der Waals surface area contributed by atoms with Crippen molar-refractivity contribution in [3.8, 4) is 11.6 Å². The average molecular weight is 519 g/mol. The Labute approximate surface area is 184 Å². The number of amides is 1. The Kier molecular flexibility index (Phi) is 5.74. The molecule has 0 atom stereocenters. The summed E-state index contributed by atoms with van der Waals surface area (Å²) in [5.41, 5.74) is 1.62. The fraction of sp³-hybridized carbons (Fsp3) is 0.100. The van der Waals surface area contributed by atoms with Gasteiger partial charge in [0.05, 0.1) is 29.9 Å². The molecule has 3 heterocycles. The van der Waals surface area contributed by atoms with Crippen molar-refractivity contribution in [3.63, 3.8) is 0 Å². The minimum atomic E-state index is -0.733. The van der Waals surface area contributed by atoms with Crippen LogP contribution in [0.2, 0.25) is 0 Å². The predicted octanol–water partition coefficient (Wildman–Crippen LogP) is 3.94. The quantitative estimate of drug-likeness (QED) is 0.375. The molecular weight excluding hydrogens is 504 g/mol. The third kappa shape index (κ3) is 4.03. The standard InChI is InChI=1S/C20H15FIN5O3/c1-29-20-13-8-12(9-24-18(13)26-27-20)25-19(28)16-14(22)2-3-15(17(16)21)30-10-11-4-6-23-7-5-11/h2-9H,10H2,1H3,(H,25,28)(H,24,26,27). The molecule has 2 N–H and O–H groups in total. The van der Waals surface area contributed by atoms with Crippen LogP contribution in [0.25, 0.3) is 11.0 Å². The van der Waals surface area contributed by atoms with Gasteiger partial charge in [0.15, 0.2) is 17.2 Å². The third-order valence-electron chi connectivity index (χ3n) is 4.26. The van der Waals surface area contributed by atoms with Crippen molar-refractivity contribution in [1.82, 2.24) is 20.2 Å². The zero-order chi connectivity index (χ0) is 21.1. The van der Waals surface area contributed by atoms with Crippen LogP contribution in [0, 0.1) is 9.39 Å². The summed E-state index contributed by atoms with van der Waals surface area (Å²) < 4.78 is 26.2. The van der Waals surface area contributed by atoms with E-state index < -0.39 is 11.7 Å². The normalized spacial score (nSPS) is 10.8. The van der Waals surface area contributed by atoms with Gasteiger partial charge in [-0.2, -0.15) is 0 Å². The zero-order valence-electron chi connectivity index (χ0n) is 15.6. The SMILES string of the molecule is COc1n[nH]c2ncc(NC(=O)c3c(I)ccc(OCc4ccncc4)c3F)cc12. The number of H-pyrrole nitrogens is 1. The molecule has 0 aliphatic rings. The summed E-state index contributed by atoms with van der Waals surface area (Å²) in [6.07, 6.45) is 4.70. The van der Waals surface area contributed by atoms with E-state index in [-0.39, 0.29) is 17.9 Å². The van der Waals surface area contributed by atoms with Gasteiger partial charge in [-0.25, -0.2) is 9.37 Å². The molecule has 0 spiro atoms. The van der Waals surface area contributed by atoms with E-state index in [1.165, 1.54) is 19.4 Å². The van der Waals surface area contributed by atoms with Crippen molar-refractivity contribution < 1.29 is 18.7 Å². The van der Waals surface area contributed by atoms with Crippen LogP contribution in [-0.4, -0.2) is 33.2 Å². The maximum atomic E-state index is 15.1. The molecule has 0 saturated carbocycles.